The van der Waals surface area contributed by atoms with Gasteiger partial charge in [0.15, 0.2) is 10.9 Å². The molecule has 1 aromatic heterocycles. The van der Waals surface area contributed by atoms with Crippen molar-refractivity contribution in [3.05, 3.63) is 58.1 Å². The second kappa shape index (κ2) is 9.00. The second-order valence-electron chi connectivity index (χ2n) is 5.56. The summed E-state index contributed by atoms with van der Waals surface area (Å²) in [5.74, 6) is -0.00121. The molecule has 0 saturated heterocycles. The fourth-order valence-electron chi connectivity index (χ4n) is 2.38. The number of rotatable bonds is 8. The van der Waals surface area contributed by atoms with Gasteiger partial charge in [-0.3, -0.25) is 14.9 Å². The van der Waals surface area contributed by atoms with Crippen LogP contribution in [0.15, 0.2) is 52.7 Å². The number of hydrazone groups is 1. The number of nitrogens with one attached hydrogen (secondary N) is 2. The number of amides is 1. The number of H-pyrrole nitrogens is 1. The number of ether oxygens (including phenoxy) is 1. The van der Waals surface area contributed by atoms with Crippen LogP contribution in [0.1, 0.15) is 12.5 Å². The third kappa shape index (κ3) is 4.86. The number of nitrogens with zero attached hydrogens (tertiary/aromatic N) is 3. The van der Waals surface area contributed by atoms with Gasteiger partial charge in [0.05, 0.1) is 34.5 Å². The van der Waals surface area contributed by atoms with Gasteiger partial charge in [0.25, 0.3) is 5.91 Å². The Kier molecular flexibility index (Phi) is 6.22. The van der Waals surface area contributed by atoms with Crippen LogP contribution >= 0.6 is 11.8 Å². The number of carbonyl (C=O) groups is 1. The van der Waals surface area contributed by atoms with Gasteiger partial charge in [0.2, 0.25) is 0 Å². The van der Waals surface area contributed by atoms with Crippen LogP contribution in [0.25, 0.3) is 11.0 Å². The molecule has 0 aliphatic carbocycles. The molecule has 10 heteroatoms. The van der Waals surface area contributed by atoms with Crippen molar-refractivity contribution < 1.29 is 14.5 Å². The topological polar surface area (TPSA) is 123 Å². The lowest BCUT2D eigenvalue weighted by atomic mass is 10.2. The highest BCUT2D eigenvalue weighted by molar-refractivity contribution is 7.99. The normalized spacial score (nSPS) is 11.0. The number of imidazole rings is 1. The van der Waals surface area contributed by atoms with Crippen LogP contribution in [0, 0.1) is 10.1 Å². The summed E-state index contributed by atoms with van der Waals surface area (Å²) in [6.45, 7) is 2.07. The fraction of sp³-hybridized carbons (Fsp3) is 0.167. The van der Waals surface area contributed by atoms with Crippen LogP contribution in [0.3, 0.4) is 0 Å². The van der Waals surface area contributed by atoms with Crippen LogP contribution in [-0.2, 0) is 4.79 Å². The molecule has 0 saturated carbocycles. The Morgan fingerprint density at radius 3 is 2.96 bits per heavy atom. The lowest BCUT2D eigenvalue weighted by Gasteiger charge is -2.04. The minimum absolute atomic E-state index is 0.126. The van der Waals surface area contributed by atoms with Gasteiger partial charge < -0.3 is 9.72 Å². The number of carbonyl (C=O) groups excluding carboxylic acids is 1. The maximum absolute atomic E-state index is 11.9. The van der Waals surface area contributed by atoms with E-state index in [4.69, 9.17) is 4.74 Å². The molecule has 0 radical (unpaired) electrons. The van der Waals surface area contributed by atoms with Gasteiger partial charge in [-0.25, -0.2) is 10.4 Å². The number of thioether (sulfide) groups is 1. The van der Waals surface area contributed by atoms with E-state index in [-0.39, 0.29) is 23.1 Å². The van der Waals surface area contributed by atoms with E-state index in [2.05, 4.69) is 20.5 Å². The summed E-state index contributed by atoms with van der Waals surface area (Å²) < 4.78 is 5.22. The van der Waals surface area contributed by atoms with E-state index in [0.29, 0.717) is 17.3 Å². The van der Waals surface area contributed by atoms with Crippen molar-refractivity contribution in [2.24, 2.45) is 5.10 Å². The number of benzene rings is 2. The first-order valence-electron chi connectivity index (χ1n) is 8.37. The lowest BCUT2D eigenvalue weighted by Crippen LogP contribution is -2.19. The van der Waals surface area contributed by atoms with Crippen LogP contribution in [0.5, 0.6) is 5.75 Å². The maximum atomic E-state index is 11.9. The molecule has 0 aliphatic heterocycles. The fourth-order valence-corrected chi connectivity index (χ4v) is 3.06. The smallest absolute Gasteiger partial charge is 0.311 e. The molecule has 0 spiro atoms. The maximum Gasteiger partial charge on any atom is 0.311 e. The van der Waals surface area contributed by atoms with Gasteiger partial charge in [-0.1, -0.05) is 23.9 Å². The Balaban J connectivity index is 1.55. The summed E-state index contributed by atoms with van der Waals surface area (Å²) in [6, 6.07) is 12.1. The highest BCUT2D eigenvalue weighted by atomic mass is 32.2. The molecule has 2 N–H and O–H groups in total. The van der Waals surface area contributed by atoms with E-state index in [1.807, 2.05) is 24.3 Å². The number of para-hydroxylation sites is 2. The van der Waals surface area contributed by atoms with Crippen molar-refractivity contribution in [3.63, 3.8) is 0 Å². The van der Waals surface area contributed by atoms with Crippen LogP contribution in [0.4, 0.5) is 5.69 Å². The average Bonchev–Trinajstić information content (AvgIpc) is 3.10. The summed E-state index contributed by atoms with van der Waals surface area (Å²) in [6.07, 6.45) is 1.34. The quantitative estimate of drug-likeness (QED) is 0.260. The number of hydrogen-bond acceptors (Lipinski definition) is 7. The van der Waals surface area contributed by atoms with Crippen molar-refractivity contribution in [2.45, 2.75) is 12.1 Å². The van der Waals surface area contributed by atoms with E-state index in [9.17, 15) is 14.9 Å². The first-order valence-corrected chi connectivity index (χ1v) is 9.36. The minimum atomic E-state index is -0.523. The Labute approximate surface area is 164 Å². The summed E-state index contributed by atoms with van der Waals surface area (Å²) in [5.41, 5.74) is 4.45. The Bertz CT molecular complexity index is 1000. The summed E-state index contributed by atoms with van der Waals surface area (Å²) in [4.78, 5) is 30.0. The SMILES string of the molecule is CCOc1ccc(/C=N\NC(=O)CSc2nc3ccccc3[nH]2)cc1[N+](=O)[O-]. The monoisotopic (exact) mass is 399 g/mol. The molecule has 28 heavy (non-hydrogen) atoms. The highest BCUT2D eigenvalue weighted by Gasteiger charge is 2.15. The van der Waals surface area contributed by atoms with Gasteiger partial charge >= 0.3 is 5.69 Å². The average molecular weight is 399 g/mol. The van der Waals surface area contributed by atoms with E-state index >= 15 is 0 Å². The van der Waals surface area contributed by atoms with E-state index in [1.54, 1.807) is 13.0 Å². The van der Waals surface area contributed by atoms with Gasteiger partial charge in [-0.05, 0) is 31.2 Å². The Morgan fingerprint density at radius 2 is 2.21 bits per heavy atom. The standard InChI is InChI=1S/C18H17N5O4S/c1-2-27-16-8-7-12(9-15(16)23(25)26)10-19-22-17(24)11-28-18-20-13-5-3-4-6-14(13)21-18/h3-10H,2,11H2,1H3,(H,20,21)(H,22,24)/b19-10-. The van der Waals surface area contributed by atoms with Crippen molar-refractivity contribution in [2.75, 3.05) is 12.4 Å². The molecule has 1 amide bonds. The first-order chi connectivity index (χ1) is 13.6. The van der Waals surface area contributed by atoms with Gasteiger partial charge in [0.1, 0.15) is 0 Å². The second-order valence-corrected chi connectivity index (χ2v) is 6.52. The number of nitro benzene ring substituents is 1. The molecule has 0 atom stereocenters. The zero-order valence-corrected chi connectivity index (χ0v) is 15.7. The van der Waals surface area contributed by atoms with Crippen LogP contribution in [-0.4, -0.2) is 39.4 Å². The molecule has 3 rings (SSSR count). The molecular weight excluding hydrogens is 382 g/mol. The van der Waals surface area contributed by atoms with E-state index in [0.717, 1.165) is 11.0 Å². The molecule has 0 aliphatic rings. The van der Waals surface area contributed by atoms with Crippen molar-refractivity contribution >= 4 is 40.6 Å². The van der Waals surface area contributed by atoms with Crippen molar-refractivity contribution in [3.8, 4) is 5.75 Å². The third-order valence-corrected chi connectivity index (χ3v) is 4.46. The number of aromatic nitrogens is 2. The number of fused-ring (bicyclic) bond motifs is 1. The number of aromatic amines is 1. The molecular formula is C18H17N5O4S. The number of nitro groups is 1. The van der Waals surface area contributed by atoms with Gasteiger partial charge in [-0.15, -0.1) is 0 Å². The summed E-state index contributed by atoms with van der Waals surface area (Å²) in [7, 11) is 0. The molecule has 0 unspecified atom stereocenters. The molecule has 9 nitrogen and oxygen atoms in total. The van der Waals surface area contributed by atoms with E-state index in [1.165, 1.54) is 30.1 Å². The molecule has 1 heterocycles. The predicted molar refractivity (Wildman–Crippen MR) is 107 cm³/mol. The predicted octanol–water partition coefficient (Wildman–Crippen LogP) is 3.11. The van der Waals surface area contributed by atoms with Gasteiger partial charge in [-0.2, -0.15) is 5.10 Å². The zero-order chi connectivity index (χ0) is 19.9. The highest BCUT2D eigenvalue weighted by Crippen LogP contribution is 2.27. The zero-order valence-electron chi connectivity index (χ0n) is 14.9. The Morgan fingerprint density at radius 1 is 1.39 bits per heavy atom. The van der Waals surface area contributed by atoms with Crippen LogP contribution < -0.4 is 10.2 Å². The molecule has 144 valence electrons. The third-order valence-electron chi connectivity index (χ3n) is 3.59. The van der Waals surface area contributed by atoms with Crippen molar-refractivity contribution in [1.29, 1.82) is 0 Å². The Hall–Kier alpha value is -3.40. The molecule has 2 aromatic carbocycles. The molecule has 3 aromatic rings. The summed E-state index contributed by atoms with van der Waals surface area (Å²) in [5, 5.41) is 15.6. The largest absolute Gasteiger partial charge is 0.487 e. The number of hydrogen-bond donors (Lipinski definition) is 2. The molecule has 0 fully saturated rings. The summed E-state index contributed by atoms with van der Waals surface area (Å²) >= 11 is 1.26. The van der Waals surface area contributed by atoms with Crippen LogP contribution in [0.2, 0.25) is 0 Å². The van der Waals surface area contributed by atoms with Gasteiger partial charge in [0, 0.05) is 11.6 Å². The lowest BCUT2D eigenvalue weighted by molar-refractivity contribution is -0.385. The van der Waals surface area contributed by atoms with Crippen molar-refractivity contribution in [1.82, 2.24) is 15.4 Å². The minimum Gasteiger partial charge on any atom is -0.487 e. The first kappa shape index (κ1) is 19.4. The molecule has 0 bridgehead atoms. The van der Waals surface area contributed by atoms with E-state index < -0.39 is 4.92 Å².